The van der Waals surface area contributed by atoms with Crippen LogP contribution >= 0.6 is 22.9 Å². The van der Waals surface area contributed by atoms with E-state index in [0.29, 0.717) is 23.1 Å². The summed E-state index contributed by atoms with van der Waals surface area (Å²) < 4.78 is 5.21. The van der Waals surface area contributed by atoms with E-state index in [2.05, 4.69) is 29.4 Å². The molecule has 27 heavy (non-hydrogen) atoms. The number of halogens is 1. The standard InChI is InChI=1S/C19H18ClN5OS/c1-10-11(2)27-19-16(10)18(23-17(24-19)14-6-7-22-25-14)21-9-12-4-5-15(26-3)13(20)8-12/h4-8H,9H2,1-3H3,(H,22,25)(H,21,23,24). The number of ether oxygens (including phenoxy) is 1. The van der Waals surface area contributed by atoms with Gasteiger partial charge in [-0.2, -0.15) is 5.10 Å². The second-order valence-corrected chi connectivity index (χ2v) is 7.76. The lowest BCUT2D eigenvalue weighted by Gasteiger charge is -2.11. The van der Waals surface area contributed by atoms with Gasteiger partial charge in [-0.25, -0.2) is 9.97 Å². The maximum Gasteiger partial charge on any atom is 0.180 e. The summed E-state index contributed by atoms with van der Waals surface area (Å²) in [5.41, 5.74) is 3.03. The molecular weight excluding hydrogens is 382 g/mol. The molecule has 4 rings (SSSR count). The van der Waals surface area contributed by atoms with E-state index in [9.17, 15) is 0 Å². The van der Waals surface area contributed by atoms with Crippen LogP contribution in [0.4, 0.5) is 5.82 Å². The maximum atomic E-state index is 6.24. The van der Waals surface area contributed by atoms with Gasteiger partial charge in [0.05, 0.1) is 17.5 Å². The molecule has 1 aromatic carbocycles. The minimum atomic E-state index is 0.588. The Morgan fingerprint density at radius 1 is 1.22 bits per heavy atom. The molecule has 138 valence electrons. The lowest BCUT2D eigenvalue weighted by Crippen LogP contribution is -2.04. The van der Waals surface area contributed by atoms with E-state index in [0.717, 1.165) is 27.3 Å². The molecule has 3 heterocycles. The number of rotatable bonds is 5. The third-order valence-electron chi connectivity index (χ3n) is 4.45. The zero-order valence-corrected chi connectivity index (χ0v) is 16.7. The molecule has 0 amide bonds. The number of H-pyrrole nitrogens is 1. The minimum absolute atomic E-state index is 0.588. The summed E-state index contributed by atoms with van der Waals surface area (Å²) in [6.45, 7) is 4.79. The average Bonchev–Trinajstić information content (AvgIpc) is 3.29. The van der Waals surface area contributed by atoms with Crippen molar-refractivity contribution in [3.8, 4) is 17.3 Å². The highest BCUT2D eigenvalue weighted by atomic mass is 35.5. The van der Waals surface area contributed by atoms with Crippen molar-refractivity contribution in [2.24, 2.45) is 0 Å². The molecular formula is C19H18ClN5OS. The Kier molecular flexibility index (Phi) is 4.72. The monoisotopic (exact) mass is 399 g/mol. The first-order valence-corrected chi connectivity index (χ1v) is 9.60. The number of nitrogens with one attached hydrogen (secondary N) is 2. The Bertz CT molecular complexity index is 1110. The van der Waals surface area contributed by atoms with Gasteiger partial charge in [0.2, 0.25) is 0 Å². The van der Waals surface area contributed by atoms with Crippen molar-refractivity contribution in [1.29, 1.82) is 0 Å². The Labute approximate surface area is 165 Å². The van der Waals surface area contributed by atoms with Crippen molar-refractivity contribution < 1.29 is 4.74 Å². The first-order chi connectivity index (χ1) is 13.1. The van der Waals surface area contributed by atoms with Crippen molar-refractivity contribution in [3.63, 3.8) is 0 Å². The maximum absolute atomic E-state index is 6.24. The van der Waals surface area contributed by atoms with Gasteiger partial charge in [-0.15, -0.1) is 11.3 Å². The van der Waals surface area contributed by atoms with Gasteiger partial charge in [-0.1, -0.05) is 17.7 Å². The van der Waals surface area contributed by atoms with Gasteiger partial charge < -0.3 is 10.1 Å². The van der Waals surface area contributed by atoms with Crippen molar-refractivity contribution in [1.82, 2.24) is 20.2 Å². The van der Waals surface area contributed by atoms with Crippen LogP contribution in [0.1, 0.15) is 16.0 Å². The lowest BCUT2D eigenvalue weighted by atomic mass is 10.2. The summed E-state index contributed by atoms with van der Waals surface area (Å²) >= 11 is 7.91. The third-order valence-corrected chi connectivity index (χ3v) is 5.84. The molecule has 3 aromatic heterocycles. The van der Waals surface area contributed by atoms with Crippen molar-refractivity contribution in [3.05, 3.63) is 51.5 Å². The van der Waals surface area contributed by atoms with Crippen LogP contribution in [-0.2, 0) is 6.54 Å². The van der Waals surface area contributed by atoms with E-state index in [1.807, 2.05) is 24.3 Å². The first kappa shape index (κ1) is 17.8. The van der Waals surface area contributed by atoms with E-state index < -0.39 is 0 Å². The largest absolute Gasteiger partial charge is 0.495 e. The van der Waals surface area contributed by atoms with Crippen LogP contribution in [0.3, 0.4) is 0 Å². The molecule has 0 radical (unpaired) electrons. The topological polar surface area (TPSA) is 75.7 Å². The quantitative estimate of drug-likeness (QED) is 0.495. The van der Waals surface area contributed by atoms with E-state index >= 15 is 0 Å². The number of aryl methyl sites for hydroxylation is 2. The predicted octanol–water partition coefficient (Wildman–Crippen LogP) is 4.97. The zero-order chi connectivity index (χ0) is 19.0. The Morgan fingerprint density at radius 2 is 2.07 bits per heavy atom. The highest BCUT2D eigenvalue weighted by molar-refractivity contribution is 7.18. The minimum Gasteiger partial charge on any atom is -0.495 e. The fourth-order valence-corrected chi connectivity index (χ4v) is 4.19. The van der Waals surface area contributed by atoms with Crippen molar-refractivity contribution >= 4 is 39.0 Å². The highest BCUT2D eigenvalue weighted by Crippen LogP contribution is 2.35. The molecule has 0 aliphatic rings. The van der Waals surface area contributed by atoms with Crippen LogP contribution in [0.5, 0.6) is 5.75 Å². The number of aromatic nitrogens is 4. The number of fused-ring (bicyclic) bond motifs is 1. The number of benzene rings is 1. The summed E-state index contributed by atoms with van der Waals surface area (Å²) in [6.07, 6.45) is 1.69. The number of aromatic amines is 1. The molecule has 2 N–H and O–H groups in total. The molecule has 0 spiro atoms. The number of thiophene rings is 1. The normalized spacial score (nSPS) is 11.1. The summed E-state index contributed by atoms with van der Waals surface area (Å²) in [5, 5.41) is 12.0. The molecule has 0 saturated carbocycles. The van der Waals surface area contributed by atoms with Crippen LogP contribution < -0.4 is 10.1 Å². The molecule has 4 aromatic rings. The number of nitrogens with zero attached hydrogens (tertiary/aromatic N) is 3. The summed E-state index contributed by atoms with van der Waals surface area (Å²) in [5.74, 6) is 2.09. The third kappa shape index (κ3) is 3.36. The molecule has 0 atom stereocenters. The second kappa shape index (κ2) is 7.17. The van der Waals surface area contributed by atoms with Crippen LogP contribution in [0, 0.1) is 13.8 Å². The van der Waals surface area contributed by atoms with Gasteiger partial charge >= 0.3 is 0 Å². The Morgan fingerprint density at radius 3 is 2.78 bits per heavy atom. The zero-order valence-electron chi connectivity index (χ0n) is 15.1. The van der Waals surface area contributed by atoms with Gasteiger partial charge in [0, 0.05) is 17.6 Å². The summed E-state index contributed by atoms with van der Waals surface area (Å²) in [6, 6.07) is 7.61. The fourth-order valence-electron chi connectivity index (χ4n) is 2.88. The summed E-state index contributed by atoms with van der Waals surface area (Å²) in [7, 11) is 1.61. The fraction of sp³-hybridized carbons (Fsp3) is 0.211. The molecule has 8 heteroatoms. The molecule has 0 bridgehead atoms. The van der Waals surface area contributed by atoms with Crippen molar-refractivity contribution in [2.45, 2.75) is 20.4 Å². The highest BCUT2D eigenvalue weighted by Gasteiger charge is 2.16. The van der Waals surface area contributed by atoms with E-state index in [1.165, 1.54) is 10.4 Å². The Balaban J connectivity index is 1.72. The molecule has 0 saturated heterocycles. The number of hydrogen-bond acceptors (Lipinski definition) is 6. The smallest absolute Gasteiger partial charge is 0.180 e. The van der Waals surface area contributed by atoms with Gasteiger partial charge in [-0.05, 0) is 43.2 Å². The van der Waals surface area contributed by atoms with Crippen LogP contribution in [0.25, 0.3) is 21.7 Å². The number of hydrogen-bond donors (Lipinski definition) is 2. The van der Waals surface area contributed by atoms with Crippen LogP contribution in [0.2, 0.25) is 5.02 Å². The molecule has 0 fully saturated rings. The number of methoxy groups -OCH3 is 1. The van der Waals surface area contributed by atoms with Crippen molar-refractivity contribution in [2.75, 3.05) is 12.4 Å². The van der Waals surface area contributed by atoms with E-state index in [-0.39, 0.29) is 0 Å². The van der Waals surface area contributed by atoms with Gasteiger partial charge in [-0.3, -0.25) is 5.10 Å². The SMILES string of the molecule is COc1ccc(CNc2nc(-c3ccn[nH]3)nc3sc(C)c(C)c23)cc1Cl. The van der Waals surface area contributed by atoms with Crippen LogP contribution in [0.15, 0.2) is 30.5 Å². The van der Waals surface area contributed by atoms with Gasteiger partial charge in [0.15, 0.2) is 5.82 Å². The molecule has 0 aliphatic heterocycles. The van der Waals surface area contributed by atoms with Crippen LogP contribution in [-0.4, -0.2) is 27.3 Å². The molecule has 6 nitrogen and oxygen atoms in total. The first-order valence-electron chi connectivity index (χ1n) is 8.40. The number of anilines is 1. The molecule has 0 unspecified atom stereocenters. The summed E-state index contributed by atoms with van der Waals surface area (Å²) in [4.78, 5) is 11.6. The predicted molar refractivity (Wildman–Crippen MR) is 110 cm³/mol. The second-order valence-electron chi connectivity index (χ2n) is 6.15. The van der Waals surface area contributed by atoms with E-state index in [1.54, 1.807) is 24.6 Å². The Hall–Kier alpha value is -2.64. The lowest BCUT2D eigenvalue weighted by molar-refractivity contribution is 0.415. The van der Waals surface area contributed by atoms with E-state index in [4.69, 9.17) is 26.3 Å². The van der Waals surface area contributed by atoms with Gasteiger partial charge in [0.25, 0.3) is 0 Å². The van der Waals surface area contributed by atoms with Gasteiger partial charge in [0.1, 0.15) is 22.1 Å². The molecule has 0 aliphatic carbocycles. The average molecular weight is 400 g/mol.